The molecule has 0 bridgehead atoms. The van der Waals surface area contributed by atoms with Crippen molar-refractivity contribution in [2.45, 2.75) is 32.3 Å². The van der Waals surface area contributed by atoms with E-state index in [1.807, 2.05) is 23.1 Å². The van der Waals surface area contributed by atoms with Crippen LogP contribution in [-0.2, 0) is 11.2 Å². The summed E-state index contributed by atoms with van der Waals surface area (Å²) < 4.78 is 18.4. The molecule has 3 aromatic rings. The fourth-order valence-corrected chi connectivity index (χ4v) is 5.93. The van der Waals surface area contributed by atoms with Crippen LogP contribution < -0.4 is 14.4 Å². The van der Waals surface area contributed by atoms with E-state index in [2.05, 4.69) is 60.0 Å². The zero-order valence-electron chi connectivity index (χ0n) is 23.2. The van der Waals surface area contributed by atoms with Crippen LogP contribution in [0.15, 0.2) is 54.6 Å². The Morgan fingerprint density at radius 3 is 2.46 bits per heavy atom. The number of rotatable bonds is 6. The molecule has 6 rings (SSSR count). The molecule has 2 fully saturated rings. The van der Waals surface area contributed by atoms with Gasteiger partial charge in [-0.05, 0) is 51.0 Å². The number of ether oxygens (including phenoxy) is 3. The molecule has 0 saturated carbocycles. The number of hydrogen-bond donors (Lipinski definition) is 0. The fraction of sp³-hybridized carbons (Fsp3) is 0.469. The van der Waals surface area contributed by atoms with Gasteiger partial charge in [-0.3, -0.25) is 9.69 Å². The van der Waals surface area contributed by atoms with E-state index >= 15 is 0 Å². The van der Waals surface area contributed by atoms with Crippen molar-refractivity contribution in [2.75, 3.05) is 70.5 Å². The molecule has 0 N–H and O–H groups in total. The van der Waals surface area contributed by atoms with E-state index in [0.717, 1.165) is 79.0 Å². The Balaban J connectivity index is 1.20. The normalized spacial score (nSPS) is 19.4. The van der Waals surface area contributed by atoms with Crippen molar-refractivity contribution in [3.63, 3.8) is 0 Å². The van der Waals surface area contributed by atoms with Crippen LogP contribution in [0.4, 0.5) is 5.69 Å². The van der Waals surface area contributed by atoms with Crippen molar-refractivity contribution in [3.8, 4) is 11.5 Å². The second-order valence-electron chi connectivity index (χ2n) is 11.4. The summed E-state index contributed by atoms with van der Waals surface area (Å²) in [6.07, 6.45) is 1.70. The van der Waals surface area contributed by atoms with Gasteiger partial charge in [0.05, 0.1) is 13.2 Å². The number of hydrogen-bond acceptors (Lipinski definition) is 6. The highest BCUT2D eigenvalue weighted by Gasteiger charge is 2.33. The van der Waals surface area contributed by atoms with Crippen LogP contribution >= 0.6 is 0 Å². The van der Waals surface area contributed by atoms with Gasteiger partial charge in [-0.1, -0.05) is 30.3 Å². The Bertz CT molecular complexity index is 1310. The van der Waals surface area contributed by atoms with Crippen LogP contribution in [0.2, 0.25) is 0 Å². The first-order chi connectivity index (χ1) is 19.0. The SMILES string of the molecule is CC1(C)CCc2c(C(=O)N3CCOCC3)cc3c(OCCN4CCN(c5ccccc5)CC4)cccc3c2O1. The third-order valence-corrected chi connectivity index (χ3v) is 8.24. The Kier molecular flexibility index (Phi) is 7.36. The summed E-state index contributed by atoms with van der Waals surface area (Å²) in [7, 11) is 0. The van der Waals surface area contributed by atoms with E-state index in [-0.39, 0.29) is 11.5 Å². The Morgan fingerprint density at radius 1 is 0.923 bits per heavy atom. The minimum atomic E-state index is -0.278. The maximum absolute atomic E-state index is 13.7. The van der Waals surface area contributed by atoms with Crippen LogP contribution in [-0.4, -0.2) is 86.9 Å². The second-order valence-corrected chi connectivity index (χ2v) is 11.4. The van der Waals surface area contributed by atoms with Gasteiger partial charge in [-0.2, -0.15) is 0 Å². The molecule has 3 heterocycles. The standard InChI is InChI=1S/C32H39N3O4/c1-32(2)12-11-26-28(31(36)35-18-20-37-21-19-35)23-27-25(30(26)39-32)9-6-10-29(27)38-22-17-33-13-15-34(16-14-33)24-7-4-3-5-8-24/h3-10,23H,11-22H2,1-2H3. The summed E-state index contributed by atoms with van der Waals surface area (Å²) in [6, 6.07) is 18.8. The van der Waals surface area contributed by atoms with E-state index in [0.29, 0.717) is 32.9 Å². The Hall–Kier alpha value is -3.29. The van der Waals surface area contributed by atoms with Crippen LogP contribution in [0.3, 0.4) is 0 Å². The van der Waals surface area contributed by atoms with Crippen LogP contribution in [0.1, 0.15) is 36.2 Å². The largest absolute Gasteiger partial charge is 0.492 e. The molecule has 1 amide bonds. The Morgan fingerprint density at radius 2 is 1.69 bits per heavy atom. The van der Waals surface area contributed by atoms with Gasteiger partial charge < -0.3 is 24.0 Å². The monoisotopic (exact) mass is 529 g/mol. The minimum absolute atomic E-state index is 0.0610. The molecule has 206 valence electrons. The maximum atomic E-state index is 13.7. The molecule has 0 radical (unpaired) electrons. The molecule has 0 spiro atoms. The summed E-state index contributed by atoms with van der Waals surface area (Å²) in [5, 5.41) is 1.96. The molecule has 7 heteroatoms. The zero-order valence-corrected chi connectivity index (χ0v) is 23.2. The van der Waals surface area contributed by atoms with Gasteiger partial charge >= 0.3 is 0 Å². The number of amides is 1. The molecule has 0 aliphatic carbocycles. The van der Waals surface area contributed by atoms with Gasteiger partial charge in [-0.15, -0.1) is 0 Å². The van der Waals surface area contributed by atoms with Crippen molar-refractivity contribution in [2.24, 2.45) is 0 Å². The molecule has 0 aromatic heterocycles. The predicted octanol–water partition coefficient (Wildman–Crippen LogP) is 4.62. The van der Waals surface area contributed by atoms with E-state index in [9.17, 15) is 4.79 Å². The number of para-hydroxylation sites is 1. The number of fused-ring (bicyclic) bond motifs is 3. The predicted molar refractivity (Wildman–Crippen MR) is 154 cm³/mol. The molecular weight excluding hydrogens is 490 g/mol. The average Bonchev–Trinajstić information content (AvgIpc) is 2.97. The number of nitrogens with zero attached hydrogens (tertiary/aromatic N) is 3. The first kappa shape index (κ1) is 26.0. The van der Waals surface area contributed by atoms with E-state index in [1.54, 1.807) is 0 Å². The van der Waals surface area contributed by atoms with Gasteiger partial charge in [0.1, 0.15) is 23.7 Å². The highest BCUT2D eigenvalue weighted by atomic mass is 16.5. The molecular formula is C32H39N3O4. The van der Waals surface area contributed by atoms with Gasteiger partial charge in [0, 0.05) is 73.4 Å². The lowest BCUT2D eigenvalue weighted by Crippen LogP contribution is -2.47. The number of carbonyl (C=O) groups excluding carboxylic acids is 1. The van der Waals surface area contributed by atoms with Crippen LogP contribution in [0.25, 0.3) is 10.8 Å². The van der Waals surface area contributed by atoms with Gasteiger partial charge in [0.25, 0.3) is 5.91 Å². The first-order valence-corrected chi connectivity index (χ1v) is 14.3. The summed E-state index contributed by atoms with van der Waals surface area (Å²) >= 11 is 0. The lowest BCUT2D eigenvalue weighted by Gasteiger charge is -2.36. The lowest BCUT2D eigenvalue weighted by atomic mass is 9.88. The number of morpholine rings is 1. The zero-order chi connectivity index (χ0) is 26.8. The molecule has 39 heavy (non-hydrogen) atoms. The first-order valence-electron chi connectivity index (χ1n) is 14.3. The minimum Gasteiger partial charge on any atom is -0.492 e. The van der Waals surface area contributed by atoms with Gasteiger partial charge in [0.15, 0.2) is 0 Å². The molecule has 3 aliphatic rings. The molecule has 2 saturated heterocycles. The lowest BCUT2D eigenvalue weighted by molar-refractivity contribution is 0.0299. The summed E-state index contributed by atoms with van der Waals surface area (Å²) in [4.78, 5) is 20.5. The van der Waals surface area contributed by atoms with Crippen molar-refractivity contribution in [1.29, 1.82) is 0 Å². The molecule has 3 aromatic carbocycles. The summed E-state index contributed by atoms with van der Waals surface area (Å²) in [5.41, 5.74) is 2.77. The van der Waals surface area contributed by atoms with Crippen molar-refractivity contribution < 1.29 is 19.0 Å². The van der Waals surface area contributed by atoms with Crippen molar-refractivity contribution in [1.82, 2.24) is 9.80 Å². The van der Waals surface area contributed by atoms with Crippen LogP contribution in [0.5, 0.6) is 11.5 Å². The number of carbonyl (C=O) groups is 1. The molecule has 0 unspecified atom stereocenters. The number of piperazine rings is 1. The smallest absolute Gasteiger partial charge is 0.254 e. The number of benzene rings is 3. The van der Waals surface area contributed by atoms with Gasteiger partial charge in [-0.25, -0.2) is 0 Å². The second kappa shape index (κ2) is 11.1. The van der Waals surface area contributed by atoms with Crippen molar-refractivity contribution in [3.05, 3.63) is 65.7 Å². The molecule has 3 aliphatic heterocycles. The summed E-state index contributed by atoms with van der Waals surface area (Å²) in [6.45, 7) is 12.2. The fourth-order valence-electron chi connectivity index (χ4n) is 5.93. The van der Waals surface area contributed by atoms with Crippen LogP contribution in [0, 0.1) is 0 Å². The topological polar surface area (TPSA) is 54.5 Å². The summed E-state index contributed by atoms with van der Waals surface area (Å²) in [5.74, 6) is 1.70. The van der Waals surface area contributed by atoms with E-state index in [1.165, 1.54) is 5.69 Å². The molecule has 7 nitrogen and oxygen atoms in total. The third kappa shape index (κ3) is 5.56. The third-order valence-electron chi connectivity index (χ3n) is 8.24. The van der Waals surface area contributed by atoms with Gasteiger partial charge in [0.2, 0.25) is 0 Å². The quantitative estimate of drug-likeness (QED) is 0.465. The highest BCUT2D eigenvalue weighted by Crippen LogP contribution is 2.43. The van der Waals surface area contributed by atoms with E-state index < -0.39 is 0 Å². The number of anilines is 1. The van der Waals surface area contributed by atoms with E-state index in [4.69, 9.17) is 14.2 Å². The highest BCUT2D eigenvalue weighted by molar-refractivity contribution is 6.05. The Labute approximate surface area is 231 Å². The average molecular weight is 530 g/mol. The molecule has 0 atom stereocenters. The van der Waals surface area contributed by atoms with Crippen molar-refractivity contribution >= 4 is 22.4 Å². The maximum Gasteiger partial charge on any atom is 0.254 e.